The van der Waals surface area contributed by atoms with Crippen LogP contribution in [0.15, 0.2) is 30.3 Å². The molecular weight excluding hydrogens is 394 g/mol. The number of amides is 3. The van der Waals surface area contributed by atoms with Gasteiger partial charge in [-0.1, -0.05) is 30.3 Å². The number of carbonyl (C=O) groups excluding carboxylic acids is 3. The second-order valence-electron chi connectivity index (χ2n) is 7.51. The van der Waals surface area contributed by atoms with Crippen molar-refractivity contribution in [3.05, 3.63) is 35.9 Å². The molecule has 0 radical (unpaired) electrons. The Bertz CT molecular complexity index is 732. The Balaban J connectivity index is 2.69. The SMILES string of the molecule is C[C@@H](OCc1ccccc1)[C@H](NC(=O)CNC(=O)OC(C)(C)C)C(=O)NCC(=O)O. The Kier molecular flexibility index (Phi) is 9.76. The topological polar surface area (TPSA) is 143 Å². The molecular formula is C20H29N3O7. The molecule has 2 atom stereocenters. The molecule has 166 valence electrons. The van der Waals surface area contributed by atoms with Gasteiger partial charge < -0.3 is 30.5 Å². The van der Waals surface area contributed by atoms with E-state index in [4.69, 9.17) is 14.6 Å². The van der Waals surface area contributed by atoms with Gasteiger partial charge in [-0.25, -0.2) is 4.79 Å². The van der Waals surface area contributed by atoms with E-state index in [2.05, 4.69) is 16.0 Å². The van der Waals surface area contributed by atoms with Crippen LogP contribution in [0.3, 0.4) is 0 Å². The van der Waals surface area contributed by atoms with Crippen LogP contribution < -0.4 is 16.0 Å². The predicted octanol–water partition coefficient (Wildman–Crippen LogP) is 0.802. The number of carboxylic acids is 1. The Hall–Kier alpha value is -3.14. The van der Waals surface area contributed by atoms with Crippen LogP contribution in [0, 0.1) is 0 Å². The summed E-state index contributed by atoms with van der Waals surface area (Å²) in [6.45, 7) is 5.78. The summed E-state index contributed by atoms with van der Waals surface area (Å²) < 4.78 is 10.7. The van der Waals surface area contributed by atoms with Gasteiger partial charge in [0.2, 0.25) is 11.8 Å². The molecule has 0 saturated heterocycles. The summed E-state index contributed by atoms with van der Waals surface area (Å²) in [6, 6.07) is 8.05. The molecule has 0 aliphatic carbocycles. The van der Waals surface area contributed by atoms with E-state index >= 15 is 0 Å². The van der Waals surface area contributed by atoms with Gasteiger partial charge in [0.05, 0.1) is 12.7 Å². The van der Waals surface area contributed by atoms with Crippen molar-refractivity contribution in [2.24, 2.45) is 0 Å². The average Bonchev–Trinajstić information content (AvgIpc) is 2.66. The van der Waals surface area contributed by atoms with Gasteiger partial charge in [-0.2, -0.15) is 0 Å². The number of carbonyl (C=O) groups is 4. The molecule has 3 amide bonds. The van der Waals surface area contributed by atoms with E-state index in [9.17, 15) is 19.2 Å². The lowest BCUT2D eigenvalue weighted by Gasteiger charge is -2.25. The second-order valence-corrected chi connectivity index (χ2v) is 7.51. The molecule has 1 rings (SSSR count). The third kappa shape index (κ3) is 10.4. The highest BCUT2D eigenvalue weighted by Gasteiger charge is 2.28. The molecule has 0 aromatic heterocycles. The lowest BCUT2D eigenvalue weighted by Crippen LogP contribution is -2.55. The summed E-state index contributed by atoms with van der Waals surface area (Å²) in [5.41, 5.74) is 0.145. The van der Waals surface area contributed by atoms with Gasteiger partial charge in [0.15, 0.2) is 0 Å². The first-order chi connectivity index (χ1) is 14.0. The van der Waals surface area contributed by atoms with Crippen LogP contribution in [0.2, 0.25) is 0 Å². The molecule has 10 heteroatoms. The Morgan fingerprint density at radius 1 is 1.03 bits per heavy atom. The quantitative estimate of drug-likeness (QED) is 0.436. The van der Waals surface area contributed by atoms with Crippen LogP contribution in [0.5, 0.6) is 0 Å². The number of ether oxygens (including phenoxy) is 2. The fourth-order valence-electron chi connectivity index (χ4n) is 2.26. The van der Waals surface area contributed by atoms with Crippen molar-refractivity contribution >= 4 is 23.9 Å². The minimum absolute atomic E-state index is 0.191. The van der Waals surface area contributed by atoms with Gasteiger partial charge in [0.25, 0.3) is 0 Å². The van der Waals surface area contributed by atoms with Crippen LogP contribution >= 0.6 is 0 Å². The minimum atomic E-state index is -1.22. The molecule has 30 heavy (non-hydrogen) atoms. The summed E-state index contributed by atoms with van der Waals surface area (Å²) in [6.07, 6.45) is -1.55. The number of nitrogens with one attached hydrogen (secondary N) is 3. The van der Waals surface area contributed by atoms with E-state index in [0.717, 1.165) is 5.56 Å². The maximum atomic E-state index is 12.4. The monoisotopic (exact) mass is 423 g/mol. The molecule has 0 aliphatic rings. The molecule has 0 fully saturated rings. The zero-order valence-electron chi connectivity index (χ0n) is 17.6. The van der Waals surface area contributed by atoms with Crippen molar-refractivity contribution < 1.29 is 33.8 Å². The van der Waals surface area contributed by atoms with Crippen molar-refractivity contribution in [1.29, 1.82) is 0 Å². The molecule has 0 heterocycles. The number of alkyl carbamates (subject to hydrolysis) is 1. The highest BCUT2D eigenvalue weighted by atomic mass is 16.6. The van der Waals surface area contributed by atoms with Crippen molar-refractivity contribution in [3.8, 4) is 0 Å². The Labute approximate surface area is 175 Å². The van der Waals surface area contributed by atoms with Crippen LogP contribution in [-0.4, -0.2) is 59.8 Å². The summed E-state index contributed by atoms with van der Waals surface area (Å²) >= 11 is 0. The largest absolute Gasteiger partial charge is 0.480 e. The molecule has 1 aromatic rings. The van der Waals surface area contributed by atoms with E-state index in [0.29, 0.717) is 0 Å². The zero-order chi connectivity index (χ0) is 22.7. The standard InChI is InChI=1S/C20H29N3O7/c1-13(29-12-14-8-6-5-7-9-14)17(18(27)21-11-16(25)26)23-15(24)10-22-19(28)30-20(2,3)4/h5-9,13,17H,10-12H2,1-4H3,(H,21,27)(H,22,28)(H,23,24)(H,25,26)/t13-,17+/m1/s1. The van der Waals surface area contributed by atoms with Crippen LogP contribution in [0.1, 0.15) is 33.3 Å². The first-order valence-electron chi connectivity index (χ1n) is 9.39. The fraction of sp³-hybridized carbons (Fsp3) is 0.500. The number of hydrogen-bond donors (Lipinski definition) is 4. The van der Waals surface area contributed by atoms with Gasteiger partial charge in [0.1, 0.15) is 24.7 Å². The van der Waals surface area contributed by atoms with Crippen molar-refractivity contribution in [3.63, 3.8) is 0 Å². The lowest BCUT2D eigenvalue weighted by molar-refractivity contribution is -0.139. The summed E-state index contributed by atoms with van der Waals surface area (Å²) in [7, 11) is 0. The van der Waals surface area contributed by atoms with E-state index in [1.165, 1.54) is 0 Å². The summed E-state index contributed by atoms with van der Waals surface area (Å²) in [5.74, 6) is -2.60. The lowest BCUT2D eigenvalue weighted by atomic mass is 10.1. The van der Waals surface area contributed by atoms with Crippen LogP contribution in [0.4, 0.5) is 4.79 Å². The molecule has 0 saturated carbocycles. The van der Waals surface area contributed by atoms with Gasteiger partial charge in [-0.05, 0) is 33.3 Å². The summed E-state index contributed by atoms with van der Waals surface area (Å²) in [4.78, 5) is 47.0. The number of benzene rings is 1. The van der Waals surface area contributed by atoms with Gasteiger partial charge in [0, 0.05) is 0 Å². The molecule has 0 aliphatic heterocycles. The molecule has 4 N–H and O–H groups in total. The number of carboxylic acid groups (broad SMARTS) is 1. The minimum Gasteiger partial charge on any atom is -0.480 e. The highest BCUT2D eigenvalue weighted by molar-refractivity contribution is 5.91. The molecule has 0 spiro atoms. The Morgan fingerprint density at radius 2 is 1.67 bits per heavy atom. The summed E-state index contributed by atoms with van der Waals surface area (Å²) in [5, 5.41) is 15.7. The average molecular weight is 423 g/mol. The Morgan fingerprint density at radius 3 is 2.23 bits per heavy atom. The normalized spacial score (nSPS) is 12.9. The second kappa shape index (κ2) is 11.8. The van der Waals surface area contributed by atoms with Crippen LogP contribution in [-0.2, 0) is 30.5 Å². The van der Waals surface area contributed by atoms with E-state index in [-0.39, 0.29) is 6.61 Å². The van der Waals surface area contributed by atoms with E-state index in [1.54, 1.807) is 27.7 Å². The number of rotatable bonds is 10. The van der Waals surface area contributed by atoms with Gasteiger partial charge in [-0.15, -0.1) is 0 Å². The highest BCUT2D eigenvalue weighted by Crippen LogP contribution is 2.08. The third-order valence-electron chi connectivity index (χ3n) is 3.63. The third-order valence-corrected chi connectivity index (χ3v) is 3.63. The maximum absolute atomic E-state index is 12.4. The van der Waals surface area contributed by atoms with E-state index in [1.807, 2.05) is 30.3 Å². The zero-order valence-corrected chi connectivity index (χ0v) is 17.6. The molecule has 1 aromatic carbocycles. The number of hydrogen-bond acceptors (Lipinski definition) is 6. The predicted molar refractivity (Wildman–Crippen MR) is 108 cm³/mol. The van der Waals surface area contributed by atoms with Crippen LogP contribution in [0.25, 0.3) is 0 Å². The van der Waals surface area contributed by atoms with Crippen molar-refractivity contribution in [2.45, 2.75) is 52.0 Å². The van der Waals surface area contributed by atoms with Gasteiger partial charge >= 0.3 is 12.1 Å². The molecule has 10 nitrogen and oxygen atoms in total. The van der Waals surface area contributed by atoms with Gasteiger partial charge in [-0.3, -0.25) is 14.4 Å². The first-order valence-corrected chi connectivity index (χ1v) is 9.39. The molecule has 0 bridgehead atoms. The number of aliphatic carboxylic acids is 1. The molecule has 0 unspecified atom stereocenters. The van der Waals surface area contributed by atoms with E-state index < -0.39 is 54.7 Å². The smallest absolute Gasteiger partial charge is 0.408 e. The van der Waals surface area contributed by atoms with Crippen molar-refractivity contribution in [2.75, 3.05) is 13.1 Å². The maximum Gasteiger partial charge on any atom is 0.408 e. The van der Waals surface area contributed by atoms with Crippen molar-refractivity contribution in [1.82, 2.24) is 16.0 Å². The fourth-order valence-corrected chi connectivity index (χ4v) is 2.26. The first kappa shape index (κ1) is 24.9.